The van der Waals surface area contributed by atoms with Crippen molar-refractivity contribution < 1.29 is 4.79 Å². The Labute approximate surface area is 142 Å². The fraction of sp³-hybridized carbons (Fsp3) is 0.750. The van der Waals surface area contributed by atoms with E-state index in [0.717, 1.165) is 36.8 Å². The first kappa shape index (κ1) is 17.8. The van der Waals surface area contributed by atoms with E-state index in [0.29, 0.717) is 0 Å². The molecule has 23 heavy (non-hydrogen) atoms. The van der Waals surface area contributed by atoms with Crippen LogP contribution in [0.3, 0.4) is 0 Å². The van der Waals surface area contributed by atoms with E-state index in [4.69, 9.17) is 0 Å². The van der Waals surface area contributed by atoms with Crippen molar-refractivity contribution in [1.29, 1.82) is 5.26 Å². The SMILES string of the molecule is CC(C)[C@@](C)(C#N)NC(=O)[C@@H](C)Sc1nnc2n1CCCCC2. The van der Waals surface area contributed by atoms with Gasteiger partial charge in [-0.05, 0) is 32.6 Å². The number of carbonyl (C=O) groups excluding carboxylic acids is 1. The molecule has 0 radical (unpaired) electrons. The molecule has 2 heterocycles. The van der Waals surface area contributed by atoms with Gasteiger partial charge in [-0.1, -0.05) is 32.0 Å². The van der Waals surface area contributed by atoms with Crippen LogP contribution in [0.2, 0.25) is 0 Å². The summed E-state index contributed by atoms with van der Waals surface area (Å²) in [6, 6.07) is 2.21. The zero-order chi connectivity index (χ0) is 17.0. The van der Waals surface area contributed by atoms with Gasteiger partial charge < -0.3 is 9.88 Å². The number of nitrogens with one attached hydrogen (secondary N) is 1. The molecule has 1 N–H and O–H groups in total. The second-order valence-electron chi connectivity index (χ2n) is 6.58. The lowest BCUT2D eigenvalue weighted by atomic mass is 9.90. The molecule has 0 spiro atoms. The summed E-state index contributed by atoms with van der Waals surface area (Å²) in [7, 11) is 0. The number of aryl methyl sites for hydroxylation is 1. The Bertz CT molecular complexity index is 606. The molecule has 1 aromatic heterocycles. The van der Waals surface area contributed by atoms with Gasteiger partial charge >= 0.3 is 0 Å². The average molecular weight is 335 g/mol. The standard InChI is InChI=1S/C16H25N5OS/c1-11(2)16(4,10-17)18-14(22)12(3)23-15-20-19-13-8-6-5-7-9-21(13)15/h11-12H,5-9H2,1-4H3,(H,18,22)/t12-,16-/m1/s1. The highest BCUT2D eigenvalue weighted by Crippen LogP contribution is 2.26. The van der Waals surface area contributed by atoms with E-state index < -0.39 is 5.54 Å². The molecule has 1 aliphatic heterocycles. The molecule has 2 atom stereocenters. The summed E-state index contributed by atoms with van der Waals surface area (Å²) >= 11 is 1.41. The van der Waals surface area contributed by atoms with Crippen LogP contribution in [0.15, 0.2) is 5.16 Å². The van der Waals surface area contributed by atoms with Gasteiger partial charge in [0.1, 0.15) is 11.4 Å². The maximum Gasteiger partial charge on any atom is 0.234 e. The monoisotopic (exact) mass is 335 g/mol. The first-order valence-corrected chi connectivity index (χ1v) is 9.07. The molecule has 0 aromatic carbocycles. The zero-order valence-corrected chi connectivity index (χ0v) is 15.1. The summed E-state index contributed by atoms with van der Waals surface area (Å²) in [6.45, 7) is 8.38. The maximum atomic E-state index is 12.4. The number of carbonyl (C=O) groups is 1. The number of hydrogen-bond donors (Lipinski definition) is 1. The Morgan fingerprint density at radius 2 is 2.09 bits per heavy atom. The molecular formula is C16H25N5OS. The van der Waals surface area contributed by atoms with Gasteiger partial charge in [0, 0.05) is 13.0 Å². The fourth-order valence-electron chi connectivity index (χ4n) is 2.42. The van der Waals surface area contributed by atoms with Crippen molar-refractivity contribution in [2.45, 2.75) is 75.9 Å². The molecule has 7 heteroatoms. The van der Waals surface area contributed by atoms with Crippen LogP contribution in [0, 0.1) is 17.2 Å². The maximum absolute atomic E-state index is 12.4. The molecule has 1 aromatic rings. The van der Waals surface area contributed by atoms with Gasteiger partial charge in [-0.3, -0.25) is 4.79 Å². The summed E-state index contributed by atoms with van der Waals surface area (Å²) in [6.07, 6.45) is 4.43. The predicted molar refractivity (Wildman–Crippen MR) is 89.9 cm³/mol. The topological polar surface area (TPSA) is 83.6 Å². The Morgan fingerprint density at radius 3 is 2.74 bits per heavy atom. The minimum atomic E-state index is -0.854. The predicted octanol–water partition coefficient (Wildman–Crippen LogP) is 2.54. The third kappa shape index (κ3) is 4.05. The number of aromatic nitrogens is 3. The van der Waals surface area contributed by atoms with Crippen LogP contribution < -0.4 is 5.32 Å². The highest BCUT2D eigenvalue weighted by Gasteiger charge is 2.32. The van der Waals surface area contributed by atoms with Crippen molar-refractivity contribution in [3.63, 3.8) is 0 Å². The number of rotatable bonds is 5. The van der Waals surface area contributed by atoms with Gasteiger partial charge in [0.15, 0.2) is 5.16 Å². The Kier molecular flexibility index (Phi) is 5.69. The number of nitriles is 1. The highest BCUT2D eigenvalue weighted by molar-refractivity contribution is 8.00. The molecule has 0 unspecified atom stereocenters. The Hall–Kier alpha value is -1.55. The van der Waals surface area contributed by atoms with Crippen molar-refractivity contribution in [2.75, 3.05) is 0 Å². The van der Waals surface area contributed by atoms with Crippen molar-refractivity contribution in [2.24, 2.45) is 5.92 Å². The minimum absolute atomic E-state index is 0.0398. The number of hydrogen-bond acceptors (Lipinski definition) is 5. The minimum Gasteiger partial charge on any atom is -0.337 e. The van der Waals surface area contributed by atoms with Gasteiger partial charge in [-0.2, -0.15) is 5.26 Å². The molecular weight excluding hydrogens is 310 g/mol. The lowest BCUT2D eigenvalue weighted by Crippen LogP contribution is -2.51. The van der Waals surface area contributed by atoms with Crippen LogP contribution in [0.1, 0.15) is 52.8 Å². The quantitative estimate of drug-likeness (QED) is 0.836. The molecule has 1 amide bonds. The number of fused-ring (bicyclic) bond motifs is 1. The molecule has 0 saturated carbocycles. The molecule has 126 valence electrons. The molecule has 0 aliphatic carbocycles. The van der Waals surface area contributed by atoms with Crippen LogP contribution in [0.5, 0.6) is 0 Å². The third-order valence-corrected chi connectivity index (χ3v) is 5.58. The normalized spacial score (nSPS) is 18.4. The van der Waals surface area contributed by atoms with Crippen LogP contribution in [0.4, 0.5) is 0 Å². The van der Waals surface area contributed by atoms with Crippen LogP contribution in [-0.2, 0) is 17.8 Å². The van der Waals surface area contributed by atoms with E-state index in [1.807, 2.05) is 20.8 Å². The van der Waals surface area contributed by atoms with E-state index in [1.165, 1.54) is 18.2 Å². The van der Waals surface area contributed by atoms with Gasteiger partial charge in [0.2, 0.25) is 5.91 Å². The van der Waals surface area contributed by atoms with Crippen LogP contribution >= 0.6 is 11.8 Å². The molecule has 0 bridgehead atoms. The van der Waals surface area contributed by atoms with E-state index in [2.05, 4.69) is 26.2 Å². The Morgan fingerprint density at radius 1 is 1.35 bits per heavy atom. The fourth-order valence-corrected chi connectivity index (χ4v) is 3.31. The first-order chi connectivity index (χ1) is 10.9. The second kappa shape index (κ2) is 7.35. The van der Waals surface area contributed by atoms with E-state index >= 15 is 0 Å². The molecule has 1 aliphatic rings. The van der Waals surface area contributed by atoms with E-state index in [-0.39, 0.29) is 17.1 Å². The Balaban J connectivity index is 2.05. The summed E-state index contributed by atoms with van der Waals surface area (Å²) < 4.78 is 2.13. The summed E-state index contributed by atoms with van der Waals surface area (Å²) in [4.78, 5) is 12.4. The average Bonchev–Trinajstić information content (AvgIpc) is 2.74. The van der Waals surface area contributed by atoms with Crippen LogP contribution in [-0.4, -0.2) is 31.5 Å². The van der Waals surface area contributed by atoms with Crippen molar-refractivity contribution in [1.82, 2.24) is 20.1 Å². The molecule has 0 fully saturated rings. The lowest BCUT2D eigenvalue weighted by Gasteiger charge is -2.28. The van der Waals surface area contributed by atoms with E-state index in [1.54, 1.807) is 6.92 Å². The van der Waals surface area contributed by atoms with Crippen LogP contribution in [0.25, 0.3) is 0 Å². The number of nitrogens with zero attached hydrogens (tertiary/aromatic N) is 4. The molecule has 6 nitrogen and oxygen atoms in total. The molecule has 2 rings (SSSR count). The summed E-state index contributed by atoms with van der Waals surface area (Å²) in [5, 5.41) is 21.2. The summed E-state index contributed by atoms with van der Waals surface area (Å²) in [5.41, 5.74) is -0.854. The lowest BCUT2D eigenvalue weighted by molar-refractivity contribution is -0.121. The van der Waals surface area contributed by atoms with Gasteiger partial charge in [-0.15, -0.1) is 10.2 Å². The van der Waals surface area contributed by atoms with Gasteiger partial charge in [0.25, 0.3) is 0 Å². The zero-order valence-electron chi connectivity index (χ0n) is 14.3. The van der Waals surface area contributed by atoms with E-state index in [9.17, 15) is 10.1 Å². The first-order valence-electron chi connectivity index (χ1n) is 8.19. The molecule has 0 saturated heterocycles. The second-order valence-corrected chi connectivity index (χ2v) is 7.89. The highest BCUT2D eigenvalue weighted by atomic mass is 32.2. The number of amides is 1. The third-order valence-electron chi connectivity index (χ3n) is 4.50. The van der Waals surface area contributed by atoms with Gasteiger partial charge in [0.05, 0.1) is 11.3 Å². The smallest absolute Gasteiger partial charge is 0.234 e. The van der Waals surface area contributed by atoms with Gasteiger partial charge in [-0.25, -0.2) is 0 Å². The largest absolute Gasteiger partial charge is 0.337 e. The van der Waals surface area contributed by atoms with Crippen molar-refractivity contribution in [3.8, 4) is 6.07 Å². The summed E-state index contributed by atoms with van der Waals surface area (Å²) in [5.74, 6) is 0.915. The van der Waals surface area contributed by atoms with Crippen molar-refractivity contribution in [3.05, 3.63) is 5.82 Å². The van der Waals surface area contributed by atoms with Crippen molar-refractivity contribution >= 4 is 17.7 Å². The number of thioether (sulfide) groups is 1.